The molecular weight excluding hydrogens is 302 g/mol. The predicted octanol–water partition coefficient (Wildman–Crippen LogP) is 2.29. The van der Waals surface area contributed by atoms with Gasteiger partial charge in [-0.25, -0.2) is 0 Å². The molecule has 0 aromatic carbocycles. The molecule has 0 radical (unpaired) electrons. The Morgan fingerprint density at radius 3 is 2.54 bits per heavy atom. The van der Waals surface area contributed by atoms with E-state index >= 15 is 0 Å². The maximum Gasteiger partial charge on any atom is 0.191 e. The van der Waals surface area contributed by atoms with Crippen LogP contribution in [0.25, 0.3) is 0 Å². The Labute approximate surface area is 146 Å². The van der Waals surface area contributed by atoms with Crippen molar-refractivity contribution in [3.05, 3.63) is 17.0 Å². The zero-order chi connectivity index (χ0) is 17.9. The molecule has 0 spiro atoms. The lowest BCUT2D eigenvalue weighted by molar-refractivity contribution is 0.265. The summed E-state index contributed by atoms with van der Waals surface area (Å²) in [5, 5.41) is 11.1. The van der Waals surface area contributed by atoms with Crippen molar-refractivity contribution in [3.63, 3.8) is 0 Å². The van der Waals surface area contributed by atoms with Crippen LogP contribution in [0.2, 0.25) is 0 Å². The smallest absolute Gasteiger partial charge is 0.191 e. The van der Waals surface area contributed by atoms with Gasteiger partial charge in [0.05, 0.1) is 5.69 Å². The van der Waals surface area contributed by atoms with Crippen LogP contribution in [0.4, 0.5) is 0 Å². The molecule has 1 aliphatic rings. The normalized spacial score (nSPS) is 23.8. The maximum absolute atomic E-state index is 5.28. The van der Waals surface area contributed by atoms with Crippen LogP contribution < -0.4 is 10.6 Å². The average molecular weight is 335 g/mol. The van der Waals surface area contributed by atoms with Crippen molar-refractivity contribution >= 4 is 5.96 Å². The van der Waals surface area contributed by atoms with Gasteiger partial charge >= 0.3 is 0 Å². The van der Waals surface area contributed by atoms with Gasteiger partial charge in [0.1, 0.15) is 5.76 Å². The highest BCUT2D eigenvalue weighted by atomic mass is 16.5. The first kappa shape index (κ1) is 18.8. The molecule has 0 aliphatic carbocycles. The van der Waals surface area contributed by atoms with Gasteiger partial charge in [0.25, 0.3) is 0 Å². The second-order valence-corrected chi connectivity index (χ2v) is 7.37. The van der Waals surface area contributed by atoms with E-state index in [2.05, 4.69) is 53.4 Å². The fourth-order valence-electron chi connectivity index (χ4n) is 3.53. The largest absolute Gasteiger partial charge is 0.361 e. The summed E-state index contributed by atoms with van der Waals surface area (Å²) >= 11 is 0. The van der Waals surface area contributed by atoms with E-state index in [-0.39, 0.29) is 0 Å². The zero-order valence-electron chi connectivity index (χ0n) is 16.2. The highest BCUT2D eigenvalue weighted by Gasteiger charge is 2.31. The number of aromatic nitrogens is 1. The zero-order valence-corrected chi connectivity index (χ0v) is 16.2. The summed E-state index contributed by atoms with van der Waals surface area (Å²) in [6.45, 7) is 16.0. The van der Waals surface area contributed by atoms with Gasteiger partial charge in [-0.05, 0) is 33.6 Å². The molecule has 2 rings (SSSR count). The molecule has 0 saturated carbocycles. The van der Waals surface area contributed by atoms with Crippen LogP contribution in [0.15, 0.2) is 9.52 Å². The van der Waals surface area contributed by atoms with Crippen LogP contribution in [0.3, 0.4) is 0 Å². The van der Waals surface area contributed by atoms with Crippen LogP contribution in [0.5, 0.6) is 0 Å². The molecule has 6 heteroatoms. The molecule has 1 aliphatic heterocycles. The minimum absolute atomic E-state index is 0.322. The summed E-state index contributed by atoms with van der Waals surface area (Å²) in [4.78, 5) is 6.91. The van der Waals surface area contributed by atoms with E-state index in [1.165, 1.54) is 5.56 Å². The highest BCUT2D eigenvalue weighted by Crippen LogP contribution is 2.22. The minimum atomic E-state index is 0.322. The number of likely N-dealkylation sites (tertiary alicyclic amines) is 1. The van der Waals surface area contributed by atoms with E-state index in [0.717, 1.165) is 37.0 Å². The quantitative estimate of drug-likeness (QED) is 0.638. The topological polar surface area (TPSA) is 65.7 Å². The molecule has 1 aromatic heterocycles. The summed E-state index contributed by atoms with van der Waals surface area (Å²) in [5.74, 6) is 2.71. The molecule has 2 N–H and O–H groups in total. The maximum atomic E-state index is 5.28. The molecule has 6 nitrogen and oxygen atoms in total. The Kier molecular flexibility index (Phi) is 6.27. The third-order valence-corrected chi connectivity index (χ3v) is 5.07. The van der Waals surface area contributed by atoms with Crippen LogP contribution in [0.1, 0.15) is 50.6 Å². The standard InChI is InChI=1S/C18H33N5O/c1-11(2)23-9-13(4)16(10-23)21-18(19-7)20-8-12(3)17-14(5)22-24-15(17)6/h11-13,16H,8-10H2,1-7H3,(H2,19,20,21). The van der Waals surface area contributed by atoms with Gasteiger partial charge < -0.3 is 15.2 Å². The van der Waals surface area contributed by atoms with E-state index in [4.69, 9.17) is 4.52 Å². The first-order valence-corrected chi connectivity index (χ1v) is 8.97. The fraction of sp³-hybridized carbons (Fsp3) is 0.778. The molecule has 3 unspecified atom stereocenters. The Balaban J connectivity index is 1.89. The summed E-state index contributed by atoms with van der Waals surface area (Å²) in [7, 11) is 1.83. The first-order valence-electron chi connectivity index (χ1n) is 8.97. The number of nitrogens with zero attached hydrogens (tertiary/aromatic N) is 3. The molecule has 24 heavy (non-hydrogen) atoms. The summed E-state index contributed by atoms with van der Waals surface area (Å²) in [6.07, 6.45) is 0. The summed E-state index contributed by atoms with van der Waals surface area (Å²) in [6, 6.07) is 1.03. The number of hydrogen-bond donors (Lipinski definition) is 2. The molecular formula is C18H33N5O. The van der Waals surface area contributed by atoms with E-state index in [1.807, 2.05) is 20.9 Å². The van der Waals surface area contributed by atoms with E-state index in [0.29, 0.717) is 23.9 Å². The van der Waals surface area contributed by atoms with Crippen molar-refractivity contribution in [2.75, 3.05) is 26.7 Å². The lowest BCUT2D eigenvalue weighted by Crippen LogP contribution is -2.47. The molecule has 1 fully saturated rings. The van der Waals surface area contributed by atoms with Crippen molar-refractivity contribution in [3.8, 4) is 0 Å². The van der Waals surface area contributed by atoms with Crippen molar-refractivity contribution in [1.29, 1.82) is 0 Å². The Bertz CT molecular complexity index is 546. The Morgan fingerprint density at radius 2 is 2.04 bits per heavy atom. The predicted molar refractivity (Wildman–Crippen MR) is 98.6 cm³/mol. The molecule has 0 bridgehead atoms. The summed E-state index contributed by atoms with van der Waals surface area (Å²) < 4.78 is 5.28. The third kappa shape index (κ3) is 4.29. The third-order valence-electron chi connectivity index (χ3n) is 5.07. The minimum Gasteiger partial charge on any atom is -0.361 e. The Morgan fingerprint density at radius 1 is 1.33 bits per heavy atom. The molecule has 0 amide bonds. The van der Waals surface area contributed by atoms with E-state index in [1.54, 1.807) is 0 Å². The lowest BCUT2D eigenvalue weighted by atomic mass is 10.00. The second-order valence-electron chi connectivity index (χ2n) is 7.37. The van der Waals surface area contributed by atoms with Crippen molar-refractivity contribution in [2.24, 2.45) is 10.9 Å². The highest BCUT2D eigenvalue weighted by molar-refractivity contribution is 5.80. The van der Waals surface area contributed by atoms with Crippen LogP contribution in [0, 0.1) is 19.8 Å². The van der Waals surface area contributed by atoms with Gasteiger partial charge in [-0.1, -0.05) is 19.0 Å². The van der Waals surface area contributed by atoms with Crippen LogP contribution in [-0.2, 0) is 0 Å². The summed E-state index contributed by atoms with van der Waals surface area (Å²) in [5.41, 5.74) is 2.17. The lowest BCUT2D eigenvalue weighted by Gasteiger charge is -2.22. The van der Waals surface area contributed by atoms with Gasteiger partial charge in [-0.2, -0.15) is 0 Å². The van der Waals surface area contributed by atoms with Crippen LogP contribution >= 0.6 is 0 Å². The molecule has 1 saturated heterocycles. The number of rotatable bonds is 5. The number of nitrogens with one attached hydrogen (secondary N) is 2. The van der Waals surface area contributed by atoms with Crippen molar-refractivity contribution in [1.82, 2.24) is 20.7 Å². The number of aryl methyl sites for hydroxylation is 2. The number of guanidine groups is 1. The van der Waals surface area contributed by atoms with E-state index in [9.17, 15) is 0 Å². The molecule has 136 valence electrons. The molecule has 3 atom stereocenters. The van der Waals surface area contributed by atoms with Crippen molar-refractivity contribution < 1.29 is 4.52 Å². The molecule has 2 heterocycles. The Hall–Kier alpha value is -1.56. The van der Waals surface area contributed by atoms with Crippen molar-refractivity contribution in [2.45, 2.75) is 59.5 Å². The number of aliphatic imine (C=N–C) groups is 1. The van der Waals surface area contributed by atoms with Gasteiger partial charge in [0, 0.05) is 50.2 Å². The van der Waals surface area contributed by atoms with Gasteiger partial charge in [0.15, 0.2) is 5.96 Å². The van der Waals surface area contributed by atoms with Gasteiger partial charge in [-0.15, -0.1) is 0 Å². The van der Waals surface area contributed by atoms with Crippen LogP contribution in [-0.4, -0.2) is 54.8 Å². The molecule has 1 aromatic rings. The van der Waals surface area contributed by atoms with E-state index < -0.39 is 0 Å². The average Bonchev–Trinajstić information content (AvgIpc) is 3.06. The first-order chi connectivity index (χ1) is 11.3. The second kappa shape index (κ2) is 8.01. The number of hydrogen-bond acceptors (Lipinski definition) is 4. The fourth-order valence-corrected chi connectivity index (χ4v) is 3.53. The van der Waals surface area contributed by atoms with Gasteiger partial charge in [0.2, 0.25) is 0 Å². The monoisotopic (exact) mass is 335 g/mol. The van der Waals surface area contributed by atoms with Gasteiger partial charge in [-0.3, -0.25) is 9.89 Å². The SMILES string of the molecule is CN=C(NCC(C)c1c(C)noc1C)NC1CN(C(C)C)CC1C.